The fraction of sp³-hybridized carbons (Fsp3) is 0.750. The van der Waals surface area contributed by atoms with Crippen LogP contribution >= 0.6 is 0 Å². The van der Waals surface area contributed by atoms with Crippen molar-refractivity contribution < 1.29 is 0 Å². The minimum Gasteiger partial charge on any atom is -0.370 e. The number of aromatic nitrogens is 2. The van der Waals surface area contributed by atoms with Crippen LogP contribution in [-0.2, 0) is 5.41 Å². The van der Waals surface area contributed by atoms with Gasteiger partial charge in [0.2, 0.25) is 0 Å². The largest absolute Gasteiger partial charge is 0.370 e. The monoisotopic (exact) mass is 276 g/mol. The molecule has 112 valence electrons. The van der Waals surface area contributed by atoms with E-state index in [4.69, 9.17) is 9.97 Å². The van der Waals surface area contributed by atoms with Gasteiger partial charge in [-0.3, -0.25) is 0 Å². The molecule has 4 heteroatoms. The average molecular weight is 276 g/mol. The Labute approximate surface area is 122 Å². The second-order valence-corrected chi connectivity index (χ2v) is 7.54. The van der Waals surface area contributed by atoms with Gasteiger partial charge in [0.05, 0.1) is 0 Å². The lowest BCUT2D eigenvalue weighted by molar-refractivity contribution is 0.545. The van der Waals surface area contributed by atoms with E-state index >= 15 is 0 Å². The van der Waals surface area contributed by atoms with Crippen LogP contribution < -0.4 is 10.6 Å². The van der Waals surface area contributed by atoms with Gasteiger partial charge in [-0.2, -0.15) is 0 Å². The Morgan fingerprint density at radius 2 is 1.75 bits per heavy atom. The molecule has 1 heterocycles. The average Bonchev–Trinajstić information content (AvgIpc) is 2.90. The predicted molar refractivity (Wildman–Crippen MR) is 85.4 cm³/mol. The number of nitrogens with one attached hydrogen (secondary N) is 2. The third-order valence-electron chi connectivity index (χ3n) is 3.99. The van der Waals surface area contributed by atoms with E-state index in [1.54, 1.807) is 0 Å². The summed E-state index contributed by atoms with van der Waals surface area (Å²) in [5.74, 6) is 2.82. The van der Waals surface area contributed by atoms with Gasteiger partial charge < -0.3 is 10.6 Å². The lowest BCUT2D eigenvalue weighted by Crippen LogP contribution is -2.21. The van der Waals surface area contributed by atoms with E-state index in [2.05, 4.69) is 59.1 Å². The fourth-order valence-electron chi connectivity index (χ4n) is 2.21. The number of anilines is 2. The number of hydrogen-bond acceptors (Lipinski definition) is 4. The summed E-state index contributed by atoms with van der Waals surface area (Å²) in [5.41, 5.74) is 1.45. The van der Waals surface area contributed by atoms with E-state index in [-0.39, 0.29) is 5.41 Å². The van der Waals surface area contributed by atoms with Crippen LogP contribution in [0.15, 0.2) is 0 Å². The second-order valence-electron chi connectivity index (χ2n) is 7.54. The minimum absolute atomic E-state index is 0.0482. The molecule has 2 rings (SSSR count). The van der Waals surface area contributed by atoms with E-state index in [1.807, 2.05) is 0 Å². The second kappa shape index (κ2) is 4.90. The SMILES string of the molecule is CCNc1nc(C(C)(C)C)nc(NC2CC2(C)C)c1C. The molecule has 0 amide bonds. The molecule has 20 heavy (non-hydrogen) atoms. The van der Waals surface area contributed by atoms with Crippen LogP contribution in [0, 0.1) is 12.3 Å². The zero-order chi connectivity index (χ0) is 15.1. The Balaban J connectivity index is 2.36. The molecule has 1 atom stereocenters. The molecular formula is C16H28N4. The van der Waals surface area contributed by atoms with Crippen LogP contribution in [0.1, 0.15) is 59.4 Å². The van der Waals surface area contributed by atoms with Gasteiger partial charge in [-0.1, -0.05) is 34.6 Å². The molecule has 1 unspecified atom stereocenters. The molecule has 0 radical (unpaired) electrons. The Hall–Kier alpha value is -1.32. The van der Waals surface area contributed by atoms with Crippen LogP contribution in [0.2, 0.25) is 0 Å². The van der Waals surface area contributed by atoms with E-state index in [0.717, 1.165) is 29.6 Å². The zero-order valence-electron chi connectivity index (χ0n) is 13.9. The van der Waals surface area contributed by atoms with Gasteiger partial charge in [0.15, 0.2) is 0 Å². The van der Waals surface area contributed by atoms with Gasteiger partial charge >= 0.3 is 0 Å². The van der Waals surface area contributed by atoms with Crippen LogP contribution in [0.3, 0.4) is 0 Å². The highest BCUT2D eigenvalue weighted by atomic mass is 15.1. The molecule has 1 aromatic rings. The Bertz CT molecular complexity index is 500. The summed E-state index contributed by atoms with van der Waals surface area (Å²) in [6, 6.07) is 0.526. The summed E-state index contributed by atoms with van der Waals surface area (Å²) < 4.78 is 0. The molecule has 1 aliphatic rings. The molecule has 0 aromatic carbocycles. The summed E-state index contributed by atoms with van der Waals surface area (Å²) >= 11 is 0. The number of hydrogen-bond donors (Lipinski definition) is 2. The third-order valence-corrected chi connectivity index (χ3v) is 3.99. The Kier molecular flexibility index (Phi) is 3.69. The summed E-state index contributed by atoms with van der Waals surface area (Å²) in [6.07, 6.45) is 1.21. The van der Waals surface area contributed by atoms with Crippen molar-refractivity contribution in [3.63, 3.8) is 0 Å². The highest BCUT2D eigenvalue weighted by Crippen LogP contribution is 2.46. The molecule has 1 aliphatic carbocycles. The van der Waals surface area contributed by atoms with Crippen molar-refractivity contribution in [1.82, 2.24) is 9.97 Å². The zero-order valence-corrected chi connectivity index (χ0v) is 13.9. The van der Waals surface area contributed by atoms with Crippen LogP contribution in [-0.4, -0.2) is 22.6 Å². The lowest BCUT2D eigenvalue weighted by Gasteiger charge is -2.21. The van der Waals surface area contributed by atoms with Crippen molar-refractivity contribution in [3.05, 3.63) is 11.4 Å². The Morgan fingerprint density at radius 1 is 1.20 bits per heavy atom. The molecule has 1 saturated carbocycles. The minimum atomic E-state index is -0.0482. The first kappa shape index (κ1) is 15.1. The van der Waals surface area contributed by atoms with Gasteiger partial charge in [0, 0.05) is 23.6 Å². The first-order valence-electron chi connectivity index (χ1n) is 7.54. The molecule has 0 bridgehead atoms. The summed E-state index contributed by atoms with van der Waals surface area (Å²) in [7, 11) is 0. The van der Waals surface area contributed by atoms with E-state index < -0.39 is 0 Å². The molecule has 2 N–H and O–H groups in total. The third kappa shape index (κ3) is 3.05. The molecule has 4 nitrogen and oxygen atoms in total. The maximum atomic E-state index is 4.77. The maximum Gasteiger partial charge on any atom is 0.138 e. The lowest BCUT2D eigenvalue weighted by atomic mass is 9.95. The predicted octanol–water partition coefficient (Wildman–Crippen LogP) is 3.72. The quantitative estimate of drug-likeness (QED) is 0.880. The summed E-state index contributed by atoms with van der Waals surface area (Å²) in [4.78, 5) is 9.47. The summed E-state index contributed by atoms with van der Waals surface area (Å²) in [6.45, 7) is 16.1. The van der Waals surface area contributed by atoms with Crippen molar-refractivity contribution in [2.75, 3.05) is 17.2 Å². The van der Waals surface area contributed by atoms with Gasteiger partial charge in [-0.15, -0.1) is 0 Å². The molecule has 1 aromatic heterocycles. The smallest absolute Gasteiger partial charge is 0.138 e. The standard InChI is InChI=1S/C16H28N4/c1-8-17-12-10(2)13(18-11-9-16(11,6)7)20-14(19-12)15(3,4)5/h11H,8-9H2,1-7H3,(H2,17,18,19,20). The van der Waals surface area contributed by atoms with E-state index in [1.165, 1.54) is 6.42 Å². The van der Waals surface area contributed by atoms with Gasteiger partial charge in [0.1, 0.15) is 17.5 Å². The van der Waals surface area contributed by atoms with E-state index in [0.29, 0.717) is 11.5 Å². The number of rotatable bonds is 4. The van der Waals surface area contributed by atoms with Gasteiger partial charge in [-0.05, 0) is 25.7 Å². The molecule has 1 fully saturated rings. The topological polar surface area (TPSA) is 49.8 Å². The maximum absolute atomic E-state index is 4.77. The van der Waals surface area contributed by atoms with Crippen LogP contribution in [0.25, 0.3) is 0 Å². The van der Waals surface area contributed by atoms with E-state index in [9.17, 15) is 0 Å². The molecule has 0 saturated heterocycles. The highest BCUT2D eigenvalue weighted by molar-refractivity contribution is 5.58. The summed E-state index contributed by atoms with van der Waals surface area (Å²) in [5, 5.41) is 6.95. The van der Waals surface area contributed by atoms with Crippen molar-refractivity contribution in [2.24, 2.45) is 5.41 Å². The van der Waals surface area contributed by atoms with Crippen molar-refractivity contribution in [1.29, 1.82) is 0 Å². The van der Waals surface area contributed by atoms with Crippen LogP contribution in [0.5, 0.6) is 0 Å². The fourth-order valence-corrected chi connectivity index (χ4v) is 2.21. The van der Waals surface area contributed by atoms with Crippen LogP contribution in [0.4, 0.5) is 11.6 Å². The van der Waals surface area contributed by atoms with Gasteiger partial charge in [-0.25, -0.2) is 9.97 Å². The van der Waals surface area contributed by atoms with Gasteiger partial charge in [0.25, 0.3) is 0 Å². The van der Waals surface area contributed by atoms with Crippen molar-refractivity contribution in [3.8, 4) is 0 Å². The molecular weight excluding hydrogens is 248 g/mol. The number of nitrogens with zero attached hydrogens (tertiary/aromatic N) is 2. The first-order chi connectivity index (χ1) is 9.15. The molecule has 0 spiro atoms. The first-order valence-corrected chi connectivity index (χ1v) is 7.54. The van der Waals surface area contributed by atoms with Crippen molar-refractivity contribution >= 4 is 11.6 Å². The Morgan fingerprint density at radius 3 is 2.20 bits per heavy atom. The normalized spacial score (nSPS) is 20.6. The molecule has 0 aliphatic heterocycles. The van der Waals surface area contributed by atoms with Crippen molar-refractivity contribution in [2.45, 2.75) is 66.3 Å². The highest BCUT2D eigenvalue weighted by Gasteiger charge is 2.46.